The molecule has 0 bridgehead atoms. The molecule has 0 radical (unpaired) electrons. The number of carbonyl (C=O) groups excluding carboxylic acids is 2. The van der Waals surface area contributed by atoms with Crippen molar-refractivity contribution in [2.24, 2.45) is 0 Å². The summed E-state index contributed by atoms with van der Waals surface area (Å²) in [6.07, 6.45) is 0. The SMILES string of the molecule is O=C1c2cccc3c(Br)ccc(c23)C(=O)N1c1cc(Cl)ccc1Cl. The van der Waals surface area contributed by atoms with Gasteiger partial charge in [-0.05, 0) is 41.8 Å². The number of carbonyl (C=O) groups is 2. The molecule has 0 unspecified atom stereocenters. The van der Waals surface area contributed by atoms with Crippen LogP contribution in [-0.4, -0.2) is 11.8 Å². The van der Waals surface area contributed by atoms with Crippen LogP contribution in [0.15, 0.2) is 53.0 Å². The molecule has 3 aromatic carbocycles. The standard InChI is InChI=1S/C18H8BrCl2NO2/c19-13-6-5-12-16-10(13)2-1-3-11(16)17(23)22(18(12)24)15-8-9(20)4-7-14(15)21/h1-8H. The summed E-state index contributed by atoms with van der Waals surface area (Å²) in [6.45, 7) is 0. The lowest BCUT2D eigenvalue weighted by Gasteiger charge is -2.28. The highest BCUT2D eigenvalue weighted by molar-refractivity contribution is 9.10. The van der Waals surface area contributed by atoms with Crippen molar-refractivity contribution < 1.29 is 9.59 Å². The van der Waals surface area contributed by atoms with Crippen molar-refractivity contribution in [1.29, 1.82) is 0 Å². The fourth-order valence-corrected chi connectivity index (χ4v) is 3.77. The van der Waals surface area contributed by atoms with Gasteiger partial charge in [0.2, 0.25) is 0 Å². The van der Waals surface area contributed by atoms with Gasteiger partial charge in [-0.3, -0.25) is 9.59 Å². The van der Waals surface area contributed by atoms with Crippen LogP contribution in [0.4, 0.5) is 5.69 Å². The number of rotatable bonds is 1. The maximum atomic E-state index is 13.0. The third kappa shape index (κ3) is 2.18. The van der Waals surface area contributed by atoms with Crippen LogP contribution in [0, 0.1) is 0 Å². The van der Waals surface area contributed by atoms with E-state index in [1.165, 1.54) is 6.07 Å². The first-order chi connectivity index (χ1) is 11.5. The molecule has 3 aromatic rings. The Labute approximate surface area is 155 Å². The molecule has 24 heavy (non-hydrogen) atoms. The minimum atomic E-state index is -0.416. The topological polar surface area (TPSA) is 37.4 Å². The maximum Gasteiger partial charge on any atom is 0.266 e. The third-order valence-corrected chi connectivity index (χ3v) is 5.25. The van der Waals surface area contributed by atoms with Crippen molar-refractivity contribution >= 4 is 67.4 Å². The summed E-state index contributed by atoms with van der Waals surface area (Å²) in [5, 5.41) is 2.16. The van der Waals surface area contributed by atoms with E-state index in [1.807, 2.05) is 6.07 Å². The fraction of sp³-hybridized carbons (Fsp3) is 0. The van der Waals surface area contributed by atoms with Gasteiger partial charge in [0.25, 0.3) is 11.8 Å². The summed E-state index contributed by atoms with van der Waals surface area (Å²) in [4.78, 5) is 27.0. The summed E-state index contributed by atoms with van der Waals surface area (Å²) in [5.74, 6) is -0.833. The van der Waals surface area contributed by atoms with Gasteiger partial charge in [-0.1, -0.05) is 51.3 Å². The van der Waals surface area contributed by atoms with Gasteiger partial charge >= 0.3 is 0 Å². The molecular weight excluding hydrogens is 413 g/mol. The summed E-state index contributed by atoms with van der Waals surface area (Å²) in [7, 11) is 0. The third-order valence-electron chi connectivity index (χ3n) is 4.00. The molecule has 0 saturated heterocycles. The van der Waals surface area contributed by atoms with Gasteiger partial charge in [0, 0.05) is 26.0 Å². The van der Waals surface area contributed by atoms with E-state index in [9.17, 15) is 9.59 Å². The van der Waals surface area contributed by atoms with E-state index in [0.29, 0.717) is 21.5 Å². The van der Waals surface area contributed by atoms with Gasteiger partial charge in [-0.25, -0.2) is 4.90 Å². The molecule has 0 fully saturated rings. The van der Waals surface area contributed by atoms with E-state index in [2.05, 4.69) is 15.9 Å². The van der Waals surface area contributed by atoms with E-state index < -0.39 is 11.8 Å². The second-order valence-corrected chi connectivity index (χ2v) is 7.06. The molecule has 2 amide bonds. The van der Waals surface area contributed by atoms with E-state index in [-0.39, 0.29) is 10.7 Å². The molecule has 6 heteroatoms. The highest BCUT2D eigenvalue weighted by atomic mass is 79.9. The van der Waals surface area contributed by atoms with Crippen LogP contribution in [0.1, 0.15) is 20.7 Å². The summed E-state index contributed by atoms with van der Waals surface area (Å²) < 4.78 is 0.831. The monoisotopic (exact) mass is 419 g/mol. The summed E-state index contributed by atoms with van der Waals surface area (Å²) in [5.41, 5.74) is 1.20. The minimum Gasteiger partial charge on any atom is -0.268 e. The highest BCUT2D eigenvalue weighted by Crippen LogP contribution is 2.38. The molecule has 0 atom stereocenters. The molecule has 3 nitrogen and oxygen atoms in total. The van der Waals surface area contributed by atoms with Crippen LogP contribution >= 0.6 is 39.1 Å². The Balaban J connectivity index is 2.02. The summed E-state index contributed by atoms with van der Waals surface area (Å²) in [6, 6.07) is 13.6. The zero-order chi connectivity index (χ0) is 17.0. The van der Waals surface area contributed by atoms with Crippen molar-refractivity contribution in [3.05, 3.63) is 74.2 Å². The molecule has 0 aliphatic carbocycles. The predicted molar refractivity (Wildman–Crippen MR) is 99.3 cm³/mol. The number of anilines is 1. The molecule has 0 spiro atoms. The molecule has 0 saturated carbocycles. The molecule has 118 valence electrons. The Bertz CT molecular complexity index is 1030. The van der Waals surface area contributed by atoms with Gasteiger partial charge in [0.15, 0.2) is 0 Å². The number of benzene rings is 3. The minimum absolute atomic E-state index is 0.282. The molecular formula is C18H8BrCl2NO2. The normalized spacial score (nSPS) is 13.7. The van der Waals surface area contributed by atoms with Gasteiger partial charge in [0.1, 0.15) is 0 Å². The van der Waals surface area contributed by atoms with Gasteiger partial charge < -0.3 is 0 Å². The number of halogens is 3. The Kier molecular flexibility index (Phi) is 3.64. The molecule has 1 aliphatic rings. The Morgan fingerprint density at radius 3 is 2.33 bits per heavy atom. The fourth-order valence-electron chi connectivity index (χ4n) is 2.94. The Hall–Kier alpha value is -1.88. The maximum absolute atomic E-state index is 13.0. The first-order valence-electron chi connectivity index (χ1n) is 7.04. The Morgan fingerprint density at radius 2 is 1.58 bits per heavy atom. The first kappa shape index (κ1) is 15.6. The zero-order valence-corrected chi connectivity index (χ0v) is 15.1. The van der Waals surface area contributed by atoms with E-state index in [4.69, 9.17) is 23.2 Å². The van der Waals surface area contributed by atoms with Crippen LogP contribution in [-0.2, 0) is 0 Å². The van der Waals surface area contributed by atoms with Crippen molar-refractivity contribution in [2.75, 3.05) is 4.90 Å². The molecule has 0 N–H and O–H groups in total. The number of imide groups is 1. The van der Waals surface area contributed by atoms with Crippen molar-refractivity contribution in [3.8, 4) is 0 Å². The average molecular weight is 421 g/mol. The highest BCUT2D eigenvalue weighted by Gasteiger charge is 2.35. The average Bonchev–Trinajstić information content (AvgIpc) is 2.57. The van der Waals surface area contributed by atoms with Gasteiger partial charge in [-0.2, -0.15) is 0 Å². The van der Waals surface area contributed by atoms with Crippen LogP contribution in [0.2, 0.25) is 10.0 Å². The predicted octanol–water partition coefficient (Wildman–Crippen LogP) is 5.71. The van der Waals surface area contributed by atoms with E-state index >= 15 is 0 Å². The zero-order valence-electron chi connectivity index (χ0n) is 12.0. The number of hydrogen-bond donors (Lipinski definition) is 0. The quantitative estimate of drug-likeness (QED) is 0.473. The molecule has 1 heterocycles. The van der Waals surface area contributed by atoms with Crippen molar-refractivity contribution in [2.45, 2.75) is 0 Å². The molecule has 0 aromatic heterocycles. The number of amides is 2. The largest absolute Gasteiger partial charge is 0.268 e. The van der Waals surface area contributed by atoms with Crippen LogP contribution in [0.25, 0.3) is 10.8 Å². The second-order valence-electron chi connectivity index (χ2n) is 5.36. The van der Waals surface area contributed by atoms with Gasteiger partial charge in [0.05, 0.1) is 10.7 Å². The Morgan fingerprint density at radius 1 is 0.875 bits per heavy atom. The van der Waals surface area contributed by atoms with Crippen LogP contribution in [0.3, 0.4) is 0 Å². The lowest BCUT2D eigenvalue weighted by Crippen LogP contribution is -2.40. The lowest BCUT2D eigenvalue weighted by atomic mass is 9.94. The van der Waals surface area contributed by atoms with Crippen molar-refractivity contribution in [1.82, 2.24) is 0 Å². The van der Waals surface area contributed by atoms with Crippen LogP contribution < -0.4 is 4.90 Å². The summed E-state index contributed by atoms with van der Waals surface area (Å²) >= 11 is 15.7. The first-order valence-corrected chi connectivity index (χ1v) is 8.59. The number of nitrogens with zero attached hydrogens (tertiary/aromatic N) is 1. The van der Waals surface area contributed by atoms with Gasteiger partial charge in [-0.15, -0.1) is 0 Å². The molecule has 1 aliphatic heterocycles. The molecule has 4 rings (SSSR count). The lowest BCUT2D eigenvalue weighted by molar-refractivity contribution is 0.0893. The van der Waals surface area contributed by atoms with Crippen LogP contribution in [0.5, 0.6) is 0 Å². The second kappa shape index (κ2) is 5.59. The van der Waals surface area contributed by atoms with E-state index in [1.54, 1.807) is 36.4 Å². The van der Waals surface area contributed by atoms with Crippen molar-refractivity contribution in [3.63, 3.8) is 0 Å². The van der Waals surface area contributed by atoms with E-state index in [0.717, 1.165) is 14.8 Å². The smallest absolute Gasteiger partial charge is 0.266 e. The number of hydrogen-bond acceptors (Lipinski definition) is 2.